The number of carbonyl (C=O) groups excluding carboxylic acids is 1. The van der Waals surface area contributed by atoms with Gasteiger partial charge in [0.2, 0.25) is 0 Å². The molecule has 5 rings (SSSR count). The molecule has 2 saturated heterocycles. The van der Waals surface area contributed by atoms with Gasteiger partial charge in [0.15, 0.2) is 0 Å². The Bertz CT molecular complexity index is 1020. The summed E-state index contributed by atoms with van der Waals surface area (Å²) in [7, 11) is 0. The lowest BCUT2D eigenvalue weighted by atomic mass is 9.73. The van der Waals surface area contributed by atoms with E-state index >= 15 is 0 Å². The van der Waals surface area contributed by atoms with Gasteiger partial charge in [-0.05, 0) is 31.2 Å². The van der Waals surface area contributed by atoms with Crippen LogP contribution in [-0.4, -0.2) is 54.7 Å². The van der Waals surface area contributed by atoms with Gasteiger partial charge in [0.25, 0.3) is 0 Å². The Morgan fingerprint density at radius 2 is 2.07 bits per heavy atom. The molecule has 1 aromatic heterocycles. The first-order valence-corrected chi connectivity index (χ1v) is 9.60. The average molecular weight is 393 g/mol. The molecule has 0 bridgehead atoms. The zero-order valence-corrected chi connectivity index (χ0v) is 16.0. The fourth-order valence-electron chi connectivity index (χ4n) is 4.45. The van der Waals surface area contributed by atoms with Gasteiger partial charge in [0.05, 0.1) is 23.4 Å². The Labute approximate surface area is 167 Å². The Balaban J connectivity index is 1.25. The molecule has 2 amide bonds. The zero-order valence-electron chi connectivity index (χ0n) is 16.0. The number of anilines is 2. The highest BCUT2D eigenvalue weighted by Gasteiger charge is 2.54. The van der Waals surface area contributed by atoms with Crippen molar-refractivity contribution in [3.63, 3.8) is 0 Å². The standard InChI is InChI=1S/C21H20FN5O2/c1-14-9-29-18-7-16(22)2-3-17(18)27(14)20(28)26-12-21(13-26)10-25(11-21)19-6-15(8-23)4-5-24-19/h2-7,14H,9-13H2,1H3. The summed E-state index contributed by atoms with van der Waals surface area (Å²) in [4.78, 5) is 23.2. The summed E-state index contributed by atoms with van der Waals surface area (Å²) < 4.78 is 19.1. The van der Waals surface area contributed by atoms with E-state index in [0.29, 0.717) is 36.7 Å². The van der Waals surface area contributed by atoms with E-state index < -0.39 is 0 Å². The third-order valence-corrected chi connectivity index (χ3v) is 5.88. The Morgan fingerprint density at radius 3 is 2.83 bits per heavy atom. The van der Waals surface area contributed by atoms with Crippen molar-refractivity contribution in [2.75, 3.05) is 42.6 Å². The summed E-state index contributed by atoms with van der Waals surface area (Å²) in [6.07, 6.45) is 1.65. The Kier molecular flexibility index (Phi) is 3.88. The monoisotopic (exact) mass is 393 g/mol. The number of hydrogen-bond donors (Lipinski definition) is 0. The van der Waals surface area contributed by atoms with Crippen LogP contribution >= 0.6 is 0 Å². The van der Waals surface area contributed by atoms with Gasteiger partial charge in [-0.25, -0.2) is 14.2 Å². The maximum atomic E-state index is 13.5. The molecule has 0 radical (unpaired) electrons. The summed E-state index contributed by atoms with van der Waals surface area (Å²) in [5, 5.41) is 9.05. The fraction of sp³-hybridized carbons (Fsp3) is 0.381. The second-order valence-electron chi connectivity index (χ2n) is 8.15. The number of urea groups is 1. The summed E-state index contributed by atoms with van der Waals surface area (Å²) in [6, 6.07) is 9.71. The number of pyridine rings is 1. The number of aromatic nitrogens is 1. The minimum absolute atomic E-state index is 0.0673. The van der Waals surface area contributed by atoms with E-state index in [9.17, 15) is 9.18 Å². The molecule has 0 saturated carbocycles. The van der Waals surface area contributed by atoms with Gasteiger partial charge in [0, 0.05) is 43.9 Å². The highest BCUT2D eigenvalue weighted by molar-refractivity contribution is 5.95. The van der Waals surface area contributed by atoms with Crippen LogP contribution in [-0.2, 0) is 0 Å². The number of hydrogen-bond acceptors (Lipinski definition) is 5. The van der Waals surface area contributed by atoms with Crippen LogP contribution in [0.25, 0.3) is 0 Å². The Morgan fingerprint density at radius 1 is 1.28 bits per heavy atom. The minimum Gasteiger partial charge on any atom is -0.489 e. The van der Waals surface area contributed by atoms with Crippen molar-refractivity contribution < 1.29 is 13.9 Å². The number of rotatable bonds is 1. The van der Waals surface area contributed by atoms with Crippen molar-refractivity contribution in [3.8, 4) is 11.8 Å². The number of likely N-dealkylation sites (tertiary alicyclic amines) is 1. The van der Waals surface area contributed by atoms with Crippen LogP contribution in [0, 0.1) is 22.6 Å². The molecule has 1 unspecified atom stereocenters. The maximum Gasteiger partial charge on any atom is 0.325 e. The molecule has 0 N–H and O–H groups in total. The molecule has 8 heteroatoms. The molecule has 2 fully saturated rings. The van der Waals surface area contributed by atoms with Crippen molar-refractivity contribution in [1.29, 1.82) is 5.26 Å². The van der Waals surface area contributed by atoms with Crippen molar-refractivity contribution in [3.05, 3.63) is 47.9 Å². The molecule has 29 heavy (non-hydrogen) atoms. The van der Waals surface area contributed by atoms with Gasteiger partial charge in [0.1, 0.15) is 24.0 Å². The van der Waals surface area contributed by atoms with Crippen molar-refractivity contribution in [2.45, 2.75) is 13.0 Å². The average Bonchev–Trinajstić information content (AvgIpc) is 2.66. The quantitative estimate of drug-likeness (QED) is 0.745. The van der Waals surface area contributed by atoms with Crippen molar-refractivity contribution >= 4 is 17.5 Å². The molecule has 7 nitrogen and oxygen atoms in total. The summed E-state index contributed by atoms with van der Waals surface area (Å²) in [5.41, 5.74) is 1.29. The number of fused-ring (bicyclic) bond motifs is 1. The molecule has 148 valence electrons. The summed E-state index contributed by atoms with van der Waals surface area (Å²) in [6.45, 7) is 5.27. The number of halogens is 1. The Hall–Kier alpha value is -3.34. The molecular formula is C21H20FN5O2. The molecule has 1 atom stereocenters. The lowest BCUT2D eigenvalue weighted by molar-refractivity contribution is 0.00857. The van der Waals surface area contributed by atoms with Gasteiger partial charge in [-0.3, -0.25) is 4.90 Å². The SMILES string of the molecule is CC1COc2cc(F)ccc2N1C(=O)N1CC2(C1)CN(c1cc(C#N)ccn1)C2. The summed E-state index contributed by atoms with van der Waals surface area (Å²) >= 11 is 0. The van der Waals surface area contributed by atoms with E-state index in [1.807, 2.05) is 11.8 Å². The van der Waals surface area contributed by atoms with E-state index in [1.165, 1.54) is 12.1 Å². The van der Waals surface area contributed by atoms with Gasteiger partial charge in [-0.15, -0.1) is 0 Å². The number of nitriles is 1. The second kappa shape index (κ2) is 6.34. The first kappa shape index (κ1) is 17.7. The maximum absolute atomic E-state index is 13.5. The second-order valence-corrected chi connectivity index (χ2v) is 8.15. The number of benzene rings is 1. The van der Waals surface area contributed by atoms with E-state index in [0.717, 1.165) is 18.9 Å². The number of nitrogens with zero attached hydrogens (tertiary/aromatic N) is 5. The van der Waals surface area contributed by atoms with Gasteiger partial charge >= 0.3 is 6.03 Å². The van der Waals surface area contributed by atoms with Crippen LogP contribution in [0.2, 0.25) is 0 Å². The predicted molar refractivity (Wildman–Crippen MR) is 104 cm³/mol. The summed E-state index contributed by atoms with van der Waals surface area (Å²) in [5.74, 6) is 0.833. The molecule has 1 aromatic carbocycles. The normalized spacial score (nSPS) is 21.6. The van der Waals surface area contributed by atoms with Crippen LogP contribution in [0.1, 0.15) is 12.5 Å². The highest BCUT2D eigenvalue weighted by atomic mass is 19.1. The third kappa shape index (κ3) is 2.85. The molecular weight excluding hydrogens is 373 g/mol. The zero-order chi connectivity index (χ0) is 20.2. The topological polar surface area (TPSA) is 72.7 Å². The van der Waals surface area contributed by atoms with Gasteiger partial charge < -0.3 is 14.5 Å². The largest absolute Gasteiger partial charge is 0.489 e. The van der Waals surface area contributed by atoms with Crippen LogP contribution < -0.4 is 14.5 Å². The van der Waals surface area contributed by atoms with E-state index in [1.54, 1.807) is 29.3 Å². The van der Waals surface area contributed by atoms with E-state index in [2.05, 4.69) is 16.0 Å². The number of carbonyl (C=O) groups is 1. The fourth-order valence-corrected chi connectivity index (χ4v) is 4.45. The van der Waals surface area contributed by atoms with Crippen molar-refractivity contribution in [2.24, 2.45) is 5.41 Å². The molecule has 2 aromatic rings. The lowest BCUT2D eigenvalue weighted by Gasteiger charge is -2.61. The van der Waals surface area contributed by atoms with E-state index in [4.69, 9.17) is 10.00 Å². The predicted octanol–water partition coefficient (Wildman–Crippen LogP) is 2.62. The van der Waals surface area contributed by atoms with Gasteiger partial charge in [-0.2, -0.15) is 5.26 Å². The minimum atomic E-state index is -0.378. The molecule has 3 aliphatic heterocycles. The van der Waals surface area contributed by atoms with Crippen LogP contribution in [0.5, 0.6) is 5.75 Å². The lowest BCUT2D eigenvalue weighted by Crippen LogP contribution is -2.74. The molecule has 0 aliphatic carbocycles. The van der Waals surface area contributed by atoms with E-state index in [-0.39, 0.29) is 23.3 Å². The number of ether oxygens (including phenoxy) is 1. The molecule has 1 spiro atoms. The molecule has 4 heterocycles. The van der Waals surface area contributed by atoms with Crippen LogP contribution in [0.3, 0.4) is 0 Å². The van der Waals surface area contributed by atoms with Gasteiger partial charge in [-0.1, -0.05) is 0 Å². The van der Waals surface area contributed by atoms with Crippen LogP contribution in [0.4, 0.5) is 20.7 Å². The number of amides is 2. The molecule has 3 aliphatic rings. The third-order valence-electron chi connectivity index (χ3n) is 5.88. The highest BCUT2D eigenvalue weighted by Crippen LogP contribution is 2.43. The van der Waals surface area contributed by atoms with Crippen LogP contribution in [0.15, 0.2) is 36.5 Å². The first-order chi connectivity index (χ1) is 14.0. The first-order valence-electron chi connectivity index (χ1n) is 9.60. The van der Waals surface area contributed by atoms with Crippen molar-refractivity contribution in [1.82, 2.24) is 9.88 Å². The smallest absolute Gasteiger partial charge is 0.325 e.